The summed E-state index contributed by atoms with van der Waals surface area (Å²) < 4.78 is 35.6. The summed E-state index contributed by atoms with van der Waals surface area (Å²) in [5.41, 5.74) is 2.84. The highest BCUT2D eigenvalue weighted by atomic mass is 32.2. The summed E-state index contributed by atoms with van der Waals surface area (Å²) in [6.07, 6.45) is 3.03. The van der Waals surface area contributed by atoms with Crippen molar-refractivity contribution in [3.8, 4) is 5.75 Å². The molecule has 0 aliphatic heterocycles. The van der Waals surface area contributed by atoms with Crippen LogP contribution in [0.4, 0.5) is 5.69 Å². The van der Waals surface area contributed by atoms with E-state index >= 15 is 0 Å². The van der Waals surface area contributed by atoms with Crippen molar-refractivity contribution < 1.29 is 27.5 Å². The van der Waals surface area contributed by atoms with Gasteiger partial charge >= 0.3 is 5.97 Å². The number of esters is 1. The summed E-state index contributed by atoms with van der Waals surface area (Å²) in [6.45, 7) is 1.91. The summed E-state index contributed by atoms with van der Waals surface area (Å²) >= 11 is 0. The van der Waals surface area contributed by atoms with Gasteiger partial charge in [-0.3, -0.25) is 14.3 Å². The maximum Gasteiger partial charge on any atom is 0.317 e. The molecule has 0 fully saturated rings. The second-order valence-electron chi connectivity index (χ2n) is 7.34. The molecule has 0 amide bonds. The van der Waals surface area contributed by atoms with E-state index < -0.39 is 21.9 Å². The number of allylic oxidation sites excluding steroid dienone is 2. The van der Waals surface area contributed by atoms with Crippen LogP contribution in [0.25, 0.3) is 5.57 Å². The van der Waals surface area contributed by atoms with Gasteiger partial charge < -0.3 is 9.47 Å². The van der Waals surface area contributed by atoms with E-state index in [1.165, 1.54) is 6.08 Å². The topological polar surface area (TPSA) is 98.8 Å². The van der Waals surface area contributed by atoms with Crippen LogP contribution in [-0.4, -0.2) is 40.1 Å². The largest absolute Gasteiger partial charge is 0.497 e. The molecule has 1 aliphatic carbocycles. The van der Waals surface area contributed by atoms with Gasteiger partial charge in [-0.05, 0) is 60.4 Å². The number of ether oxygens (including phenoxy) is 2. The number of benzene rings is 2. The van der Waals surface area contributed by atoms with Crippen molar-refractivity contribution in [3.05, 3.63) is 65.7 Å². The SMILES string of the molecule is CCOC(=O)C1C(=O)C=C(c2ccc(NS(C)(=O)=O)cc2)CC1c1ccc(OC)cc1. The van der Waals surface area contributed by atoms with E-state index in [9.17, 15) is 18.0 Å². The van der Waals surface area contributed by atoms with E-state index in [1.807, 2.05) is 12.1 Å². The Balaban J connectivity index is 1.95. The number of ketones is 1. The molecule has 3 rings (SSSR count). The third-order valence-corrected chi connectivity index (χ3v) is 5.72. The number of carbonyl (C=O) groups is 2. The summed E-state index contributed by atoms with van der Waals surface area (Å²) in [5.74, 6) is -1.45. The van der Waals surface area contributed by atoms with E-state index in [2.05, 4.69) is 4.72 Å². The normalized spacial score (nSPS) is 18.8. The average molecular weight is 444 g/mol. The Labute approximate surface area is 182 Å². The van der Waals surface area contributed by atoms with Crippen LogP contribution in [0.3, 0.4) is 0 Å². The smallest absolute Gasteiger partial charge is 0.317 e. The van der Waals surface area contributed by atoms with Gasteiger partial charge in [0, 0.05) is 11.6 Å². The quantitative estimate of drug-likeness (QED) is 0.520. The minimum Gasteiger partial charge on any atom is -0.497 e. The van der Waals surface area contributed by atoms with Crippen LogP contribution < -0.4 is 9.46 Å². The molecule has 2 atom stereocenters. The Morgan fingerprint density at radius 2 is 1.74 bits per heavy atom. The zero-order valence-electron chi connectivity index (χ0n) is 17.6. The number of anilines is 1. The van der Waals surface area contributed by atoms with E-state index in [-0.39, 0.29) is 18.3 Å². The van der Waals surface area contributed by atoms with Crippen molar-refractivity contribution in [1.82, 2.24) is 0 Å². The van der Waals surface area contributed by atoms with E-state index in [0.717, 1.165) is 23.0 Å². The third kappa shape index (κ3) is 5.52. The summed E-state index contributed by atoms with van der Waals surface area (Å²) in [4.78, 5) is 25.5. The van der Waals surface area contributed by atoms with Crippen LogP contribution in [0.5, 0.6) is 5.75 Å². The number of hydrogen-bond acceptors (Lipinski definition) is 6. The molecule has 0 aromatic heterocycles. The van der Waals surface area contributed by atoms with Gasteiger partial charge in [0.2, 0.25) is 10.0 Å². The van der Waals surface area contributed by atoms with Crippen molar-refractivity contribution in [3.63, 3.8) is 0 Å². The lowest BCUT2D eigenvalue weighted by atomic mass is 9.73. The van der Waals surface area contributed by atoms with Crippen LogP contribution in [0.2, 0.25) is 0 Å². The predicted molar refractivity (Wildman–Crippen MR) is 118 cm³/mol. The molecular weight excluding hydrogens is 418 g/mol. The molecule has 7 nitrogen and oxygen atoms in total. The molecule has 164 valence electrons. The fourth-order valence-corrected chi connectivity index (χ4v) is 4.28. The molecule has 2 aromatic rings. The molecule has 2 aromatic carbocycles. The standard InChI is InChI=1S/C23H25NO6S/c1-4-30-23(26)22-20(16-7-11-19(29-2)12-8-16)13-17(14-21(22)25)15-5-9-18(10-6-15)24-31(3,27)28/h5-12,14,20,22,24H,4,13H2,1-3H3. The van der Waals surface area contributed by atoms with Crippen molar-refractivity contribution >= 4 is 33.0 Å². The molecule has 0 saturated heterocycles. The van der Waals surface area contributed by atoms with Gasteiger partial charge in [-0.1, -0.05) is 24.3 Å². The molecule has 0 saturated carbocycles. The van der Waals surface area contributed by atoms with Crippen molar-refractivity contribution in [2.24, 2.45) is 5.92 Å². The highest BCUT2D eigenvalue weighted by Gasteiger charge is 2.39. The van der Waals surface area contributed by atoms with Crippen LogP contribution in [0.1, 0.15) is 30.4 Å². The molecule has 8 heteroatoms. The van der Waals surface area contributed by atoms with Gasteiger partial charge in [0.15, 0.2) is 5.78 Å². The highest BCUT2D eigenvalue weighted by Crippen LogP contribution is 2.40. The van der Waals surface area contributed by atoms with Crippen molar-refractivity contribution in [2.75, 3.05) is 24.7 Å². The lowest BCUT2D eigenvalue weighted by Gasteiger charge is -2.29. The zero-order valence-corrected chi connectivity index (χ0v) is 18.4. The lowest BCUT2D eigenvalue weighted by Crippen LogP contribution is -2.34. The number of rotatable bonds is 7. The maximum atomic E-state index is 13.0. The van der Waals surface area contributed by atoms with Gasteiger partial charge in [-0.2, -0.15) is 0 Å². The Morgan fingerprint density at radius 3 is 2.29 bits per heavy atom. The van der Waals surface area contributed by atoms with E-state index in [1.54, 1.807) is 50.4 Å². The first-order valence-corrected chi connectivity index (χ1v) is 11.7. The fourth-order valence-electron chi connectivity index (χ4n) is 3.71. The molecule has 1 N–H and O–H groups in total. The second kappa shape index (κ2) is 9.34. The van der Waals surface area contributed by atoms with E-state index in [0.29, 0.717) is 17.9 Å². The molecule has 2 unspecified atom stereocenters. The summed E-state index contributed by atoms with van der Waals surface area (Å²) in [7, 11) is -1.80. The minimum atomic E-state index is -3.38. The first-order chi connectivity index (χ1) is 14.7. The average Bonchev–Trinajstić information content (AvgIpc) is 2.72. The van der Waals surface area contributed by atoms with Crippen LogP contribution >= 0.6 is 0 Å². The zero-order chi connectivity index (χ0) is 22.6. The maximum absolute atomic E-state index is 13.0. The van der Waals surface area contributed by atoms with Crippen molar-refractivity contribution in [1.29, 1.82) is 0 Å². The summed E-state index contributed by atoms with van der Waals surface area (Å²) in [5, 5.41) is 0. The highest BCUT2D eigenvalue weighted by molar-refractivity contribution is 7.92. The van der Waals surface area contributed by atoms with Gasteiger partial charge in [-0.15, -0.1) is 0 Å². The first-order valence-electron chi connectivity index (χ1n) is 9.85. The number of sulfonamides is 1. The van der Waals surface area contributed by atoms with Crippen molar-refractivity contribution in [2.45, 2.75) is 19.3 Å². The monoisotopic (exact) mass is 443 g/mol. The Hall–Kier alpha value is -3.13. The van der Waals surface area contributed by atoms with Crippen LogP contribution in [0, 0.1) is 5.92 Å². The number of hydrogen-bond donors (Lipinski definition) is 1. The number of nitrogens with one attached hydrogen (secondary N) is 1. The van der Waals surface area contributed by atoms with Gasteiger partial charge in [0.05, 0.1) is 20.0 Å². The fraction of sp³-hybridized carbons (Fsp3) is 0.304. The molecule has 31 heavy (non-hydrogen) atoms. The van der Waals surface area contributed by atoms with Crippen LogP contribution in [0.15, 0.2) is 54.6 Å². The predicted octanol–water partition coefficient (Wildman–Crippen LogP) is 3.39. The first kappa shape index (κ1) is 22.6. The Bertz CT molecular complexity index is 1090. The molecule has 0 heterocycles. The summed E-state index contributed by atoms with van der Waals surface area (Å²) in [6, 6.07) is 14.1. The molecule has 0 spiro atoms. The van der Waals surface area contributed by atoms with Gasteiger partial charge in [0.1, 0.15) is 11.7 Å². The molecule has 0 radical (unpaired) electrons. The lowest BCUT2D eigenvalue weighted by molar-refractivity contribution is -0.151. The van der Waals surface area contributed by atoms with Gasteiger partial charge in [0.25, 0.3) is 0 Å². The second-order valence-corrected chi connectivity index (χ2v) is 9.09. The molecule has 0 bridgehead atoms. The number of carbonyl (C=O) groups excluding carboxylic acids is 2. The minimum absolute atomic E-state index is 0.198. The third-order valence-electron chi connectivity index (χ3n) is 5.11. The van der Waals surface area contributed by atoms with E-state index in [4.69, 9.17) is 9.47 Å². The Morgan fingerprint density at radius 1 is 1.10 bits per heavy atom. The van der Waals surface area contributed by atoms with Crippen LogP contribution in [-0.2, 0) is 24.3 Å². The molecule has 1 aliphatic rings. The molecular formula is C23H25NO6S. The Kier molecular flexibility index (Phi) is 6.80. The number of methoxy groups -OCH3 is 1. The van der Waals surface area contributed by atoms with Gasteiger partial charge in [-0.25, -0.2) is 8.42 Å².